The zero-order chi connectivity index (χ0) is 17.8. The van der Waals surface area contributed by atoms with Crippen LogP contribution in [0.4, 0.5) is 11.5 Å². The lowest BCUT2D eigenvalue weighted by molar-refractivity contribution is 0.0372. The minimum Gasteiger partial charge on any atom is -0.388 e. The minimum absolute atomic E-state index is 0. The summed E-state index contributed by atoms with van der Waals surface area (Å²) in [7, 11) is 1.91. The molecule has 0 spiro atoms. The molecular weight excluding hydrogens is 360 g/mol. The highest BCUT2D eigenvalue weighted by molar-refractivity contribution is 7.59. The van der Waals surface area contributed by atoms with Crippen LogP contribution in [0.15, 0.2) is 42.7 Å². The number of rotatable bonds is 5. The number of pyridine rings is 1. The van der Waals surface area contributed by atoms with E-state index in [1.54, 1.807) is 12.4 Å². The first-order valence-corrected chi connectivity index (χ1v) is 8.79. The molecule has 1 aliphatic rings. The van der Waals surface area contributed by atoms with Gasteiger partial charge in [0.1, 0.15) is 5.52 Å². The molecule has 0 bridgehead atoms. The molecule has 0 unspecified atom stereocenters. The fourth-order valence-corrected chi connectivity index (χ4v) is 3.01. The second kappa shape index (κ2) is 8.98. The van der Waals surface area contributed by atoms with E-state index < -0.39 is 0 Å². The van der Waals surface area contributed by atoms with E-state index in [1.165, 1.54) is 0 Å². The van der Waals surface area contributed by atoms with Gasteiger partial charge in [0.2, 0.25) is 0 Å². The largest absolute Gasteiger partial charge is 0.388 e. The highest BCUT2D eigenvalue weighted by atomic mass is 32.1. The van der Waals surface area contributed by atoms with Gasteiger partial charge in [-0.3, -0.25) is 4.98 Å². The second-order valence-electron chi connectivity index (χ2n) is 6.19. The monoisotopic (exact) mass is 384 g/mol. The van der Waals surface area contributed by atoms with Crippen molar-refractivity contribution in [3.8, 4) is 11.3 Å². The molecule has 4 rings (SSSR count). The molecule has 8 heteroatoms. The van der Waals surface area contributed by atoms with Gasteiger partial charge in [-0.05, 0) is 18.2 Å². The van der Waals surface area contributed by atoms with Gasteiger partial charge in [-0.2, -0.15) is 13.5 Å². The molecule has 0 radical (unpaired) electrons. The average Bonchev–Trinajstić information content (AvgIpc) is 2.72. The van der Waals surface area contributed by atoms with Gasteiger partial charge in [-0.15, -0.1) is 0 Å². The van der Waals surface area contributed by atoms with Crippen LogP contribution in [0, 0.1) is 0 Å². The molecule has 3 N–H and O–H groups in total. The van der Waals surface area contributed by atoms with E-state index in [0.29, 0.717) is 6.54 Å². The lowest BCUT2D eigenvalue weighted by atomic mass is 10.1. The Morgan fingerprint density at radius 1 is 1.19 bits per heavy atom. The lowest BCUT2D eigenvalue weighted by Gasteiger charge is -2.24. The van der Waals surface area contributed by atoms with E-state index in [1.807, 2.05) is 37.4 Å². The standard InChI is InChI=1S/C19H22N6O.H2S/c1-20-14-4-2-13(3-5-14)16-10-17-18(23-7-6-22-17)19(25-16)24-12-15-11-21-8-9-26-15;/h2-7,10,15,20-21H,8-9,11-12H2,1H3,(H,24,25);1H2/t15-;/m0./s1. The van der Waals surface area contributed by atoms with Crippen molar-refractivity contribution in [2.24, 2.45) is 0 Å². The summed E-state index contributed by atoms with van der Waals surface area (Å²) in [5.74, 6) is 0.734. The van der Waals surface area contributed by atoms with Gasteiger partial charge in [0.25, 0.3) is 0 Å². The maximum Gasteiger partial charge on any atom is 0.154 e. The number of hydrogen-bond donors (Lipinski definition) is 3. The molecule has 1 saturated heterocycles. The van der Waals surface area contributed by atoms with E-state index in [-0.39, 0.29) is 19.6 Å². The fraction of sp³-hybridized carbons (Fsp3) is 0.316. The number of benzene rings is 1. The number of aromatic nitrogens is 3. The van der Waals surface area contributed by atoms with Crippen molar-refractivity contribution in [3.05, 3.63) is 42.7 Å². The van der Waals surface area contributed by atoms with Gasteiger partial charge in [0, 0.05) is 50.3 Å². The highest BCUT2D eigenvalue weighted by Gasteiger charge is 2.15. The molecule has 3 heterocycles. The smallest absolute Gasteiger partial charge is 0.154 e. The molecule has 27 heavy (non-hydrogen) atoms. The molecule has 1 aliphatic heterocycles. The highest BCUT2D eigenvalue weighted by Crippen LogP contribution is 2.26. The Bertz CT molecular complexity index is 883. The van der Waals surface area contributed by atoms with Crippen LogP contribution in [-0.2, 0) is 4.74 Å². The number of anilines is 2. The molecule has 1 aromatic carbocycles. The first kappa shape index (κ1) is 19.3. The van der Waals surface area contributed by atoms with Crippen molar-refractivity contribution in [2.45, 2.75) is 6.10 Å². The third-order valence-corrected chi connectivity index (χ3v) is 4.43. The SMILES string of the molecule is CNc1ccc(-c2cc3nccnc3c(NC[C@@H]3CNCCO3)n2)cc1.S. The van der Waals surface area contributed by atoms with Crippen molar-refractivity contribution in [3.63, 3.8) is 0 Å². The van der Waals surface area contributed by atoms with Crippen LogP contribution in [0.25, 0.3) is 22.3 Å². The second-order valence-corrected chi connectivity index (χ2v) is 6.19. The summed E-state index contributed by atoms with van der Waals surface area (Å²) in [5, 5.41) is 9.86. The van der Waals surface area contributed by atoms with Gasteiger partial charge in [0.15, 0.2) is 5.82 Å². The van der Waals surface area contributed by atoms with Crippen LogP contribution in [0.1, 0.15) is 0 Å². The number of nitrogens with zero attached hydrogens (tertiary/aromatic N) is 3. The van der Waals surface area contributed by atoms with Gasteiger partial charge in [-0.25, -0.2) is 9.97 Å². The topological polar surface area (TPSA) is 84.0 Å². The van der Waals surface area contributed by atoms with E-state index in [0.717, 1.165) is 53.5 Å². The first-order chi connectivity index (χ1) is 12.8. The lowest BCUT2D eigenvalue weighted by Crippen LogP contribution is -2.42. The average molecular weight is 385 g/mol. The summed E-state index contributed by atoms with van der Waals surface area (Å²) in [5.41, 5.74) is 4.56. The predicted molar refractivity (Wildman–Crippen MR) is 114 cm³/mol. The maximum absolute atomic E-state index is 5.76. The predicted octanol–water partition coefficient (Wildman–Crippen LogP) is 2.25. The molecule has 0 amide bonds. The zero-order valence-electron chi connectivity index (χ0n) is 15.2. The summed E-state index contributed by atoms with van der Waals surface area (Å²) >= 11 is 0. The molecule has 7 nitrogen and oxygen atoms in total. The van der Waals surface area contributed by atoms with Crippen LogP contribution < -0.4 is 16.0 Å². The van der Waals surface area contributed by atoms with E-state index in [4.69, 9.17) is 9.72 Å². The Kier molecular flexibility index (Phi) is 6.44. The van der Waals surface area contributed by atoms with Crippen LogP contribution in [0.3, 0.4) is 0 Å². The normalized spacial score (nSPS) is 16.6. The van der Waals surface area contributed by atoms with Crippen molar-refractivity contribution in [1.82, 2.24) is 20.3 Å². The molecular formula is C19H24N6OS. The summed E-state index contributed by atoms with van der Waals surface area (Å²) in [6.45, 7) is 3.15. The summed E-state index contributed by atoms with van der Waals surface area (Å²) in [6.07, 6.45) is 3.51. The molecule has 1 fully saturated rings. The van der Waals surface area contributed by atoms with Gasteiger partial charge in [-0.1, -0.05) is 12.1 Å². The number of fused-ring (bicyclic) bond motifs is 1. The van der Waals surface area contributed by atoms with Crippen LogP contribution >= 0.6 is 13.5 Å². The van der Waals surface area contributed by atoms with Crippen LogP contribution in [-0.4, -0.2) is 54.3 Å². The fourth-order valence-electron chi connectivity index (χ4n) is 3.01. The van der Waals surface area contributed by atoms with Crippen molar-refractivity contribution >= 4 is 36.0 Å². The van der Waals surface area contributed by atoms with Crippen LogP contribution in [0.2, 0.25) is 0 Å². The Morgan fingerprint density at radius 2 is 2.00 bits per heavy atom. The maximum atomic E-state index is 5.76. The third kappa shape index (κ3) is 4.47. The molecule has 0 saturated carbocycles. The van der Waals surface area contributed by atoms with E-state index >= 15 is 0 Å². The zero-order valence-corrected chi connectivity index (χ0v) is 16.2. The quantitative estimate of drug-likeness (QED) is 0.622. The number of ether oxygens (including phenoxy) is 1. The number of nitrogens with one attached hydrogen (secondary N) is 3. The number of morpholine rings is 1. The Balaban J connectivity index is 0.00000210. The van der Waals surface area contributed by atoms with Crippen molar-refractivity contribution < 1.29 is 4.74 Å². The van der Waals surface area contributed by atoms with Gasteiger partial charge in [0.05, 0.1) is 23.9 Å². The van der Waals surface area contributed by atoms with Crippen LogP contribution in [0.5, 0.6) is 0 Å². The first-order valence-electron chi connectivity index (χ1n) is 8.79. The van der Waals surface area contributed by atoms with Gasteiger partial charge < -0.3 is 20.7 Å². The van der Waals surface area contributed by atoms with E-state index in [2.05, 4.69) is 25.9 Å². The van der Waals surface area contributed by atoms with E-state index in [9.17, 15) is 0 Å². The minimum atomic E-state index is 0. The number of hydrogen-bond acceptors (Lipinski definition) is 7. The Hall–Kier alpha value is -2.42. The van der Waals surface area contributed by atoms with Gasteiger partial charge >= 0.3 is 0 Å². The molecule has 2 aromatic heterocycles. The third-order valence-electron chi connectivity index (χ3n) is 4.43. The Labute approximate surface area is 165 Å². The van der Waals surface area contributed by atoms with Crippen molar-refractivity contribution in [2.75, 3.05) is 43.9 Å². The molecule has 0 aliphatic carbocycles. The molecule has 1 atom stereocenters. The summed E-state index contributed by atoms with van der Waals surface area (Å²) < 4.78 is 5.76. The van der Waals surface area contributed by atoms with Crippen molar-refractivity contribution in [1.29, 1.82) is 0 Å². The molecule has 142 valence electrons. The summed E-state index contributed by atoms with van der Waals surface area (Å²) in [4.78, 5) is 13.7. The molecule has 3 aromatic rings. The summed E-state index contributed by atoms with van der Waals surface area (Å²) in [6, 6.07) is 10.1. The Morgan fingerprint density at radius 3 is 2.74 bits per heavy atom.